The van der Waals surface area contributed by atoms with Gasteiger partial charge in [-0.1, -0.05) is 33.8 Å². The van der Waals surface area contributed by atoms with Gasteiger partial charge in [-0.05, 0) is 41.2 Å². The molecular formula is C19H21N3O4. The Labute approximate surface area is 151 Å². The molecule has 0 aliphatic carbocycles. The van der Waals surface area contributed by atoms with Crippen molar-refractivity contribution in [3.63, 3.8) is 0 Å². The average Bonchev–Trinajstić information content (AvgIpc) is 2.60. The fourth-order valence-corrected chi connectivity index (χ4v) is 2.52. The van der Waals surface area contributed by atoms with E-state index >= 15 is 0 Å². The van der Waals surface area contributed by atoms with E-state index in [9.17, 15) is 20.0 Å². The standard InChI is InChI=1S/C19H21N3O4/c1-11(2)16-9-14(10-17(12(3)4)18(16)23)20-21-19(24)13-6-5-7-15(8-13)22(25)26/h5-12,23H,1-4H3. The van der Waals surface area contributed by atoms with Gasteiger partial charge in [-0.25, -0.2) is 0 Å². The van der Waals surface area contributed by atoms with Crippen molar-refractivity contribution in [2.24, 2.45) is 10.2 Å². The normalized spacial score (nSPS) is 11.5. The van der Waals surface area contributed by atoms with E-state index in [-0.39, 0.29) is 28.8 Å². The summed E-state index contributed by atoms with van der Waals surface area (Å²) in [5.74, 6) is -0.275. The second-order valence-corrected chi connectivity index (χ2v) is 6.59. The smallest absolute Gasteiger partial charge is 0.295 e. The van der Waals surface area contributed by atoms with Crippen LogP contribution in [0.25, 0.3) is 0 Å². The number of carbonyl (C=O) groups excluding carboxylic acids is 1. The summed E-state index contributed by atoms with van der Waals surface area (Å²) in [5, 5.41) is 28.9. The Morgan fingerprint density at radius 3 is 2.15 bits per heavy atom. The Bertz CT molecular complexity index is 844. The molecule has 1 N–H and O–H groups in total. The van der Waals surface area contributed by atoms with Crippen LogP contribution in [0.3, 0.4) is 0 Å². The highest BCUT2D eigenvalue weighted by molar-refractivity contribution is 5.95. The van der Waals surface area contributed by atoms with Crippen molar-refractivity contribution in [1.82, 2.24) is 0 Å². The molecule has 1 amide bonds. The summed E-state index contributed by atoms with van der Waals surface area (Å²) < 4.78 is 0. The lowest BCUT2D eigenvalue weighted by Crippen LogP contribution is -1.97. The van der Waals surface area contributed by atoms with Crippen LogP contribution in [0.1, 0.15) is 61.0 Å². The first-order valence-corrected chi connectivity index (χ1v) is 8.28. The van der Waals surface area contributed by atoms with Gasteiger partial charge >= 0.3 is 0 Å². The number of benzene rings is 2. The lowest BCUT2D eigenvalue weighted by atomic mass is 9.93. The molecular weight excluding hydrogens is 334 g/mol. The highest BCUT2D eigenvalue weighted by Gasteiger charge is 2.16. The number of carbonyl (C=O) groups is 1. The van der Waals surface area contributed by atoms with E-state index in [1.165, 1.54) is 18.2 Å². The van der Waals surface area contributed by atoms with E-state index in [1.54, 1.807) is 12.1 Å². The number of hydrogen-bond acceptors (Lipinski definition) is 5. The number of aromatic hydroxyl groups is 1. The third kappa shape index (κ3) is 4.30. The van der Waals surface area contributed by atoms with Gasteiger partial charge in [0.05, 0.1) is 16.2 Å². The predicted octanol–water partition coefficient (Wildman–Crippen LogP) is 5.47. The van der Waals surface area contributed by atoms with Gasteiger partial charge in [-0.3, -0.25) is 14.9 Å². The van der Waals surface area contributed by atoms with Crippen LogP contribution in [-0.2, 0) is 0 Å². The van der Waals surface area contributed by atoms with Gasteiger partial charge in [0.15, 0.2) is 0 Å². The monoisotopic (exact) mass is 355 g/mol. The molecule has 0 fully saturated rings. The van der Waals surface area contributed by atoms with Gasteiger partial charge < -0.3 is 5.11 Å². The summed E-state index contributed by atoms with van der Waals surface area (Å²) in [6.07, 6.45) is 0. The van der Waals surface area contributed by atoms with Crippen molar-refractivity contribution in [1.29, 1.82) is 0 Å². The van der Waals surface area contributed by atoms with E-state index in [0.29, 0.717) is 5.69 Å². The molecule has 136 valence electrons. The molecule has 2 aromatic rings. The molecule has 0 aliphatic heterocycles. The van der Waals surface area contributed by atoms with Crippen LogP contribution in [0, 0.1) is 10.1 Å². The maximum atomic E-state index is 12.2. The number of nitro benzene ring substituents is 1. The zero-order valence-electron chi connectivity index (χ0n) is 15.1. The molecule has 2 aromatic carbocycles. The van der Waals surface area contributed by atoms with Crippen molar-refractivity contribution in [3.8, 4) is 5.75 Å². The lowest BCUT2D eigenvalue weighted by molar-refractivity contribution is -0.384. The van der Waals surface area contributed by atoms with E-state index in [4.69, 9.17) is 0 Å². The SMILES string of the molecule is CC(C)c1cc(N=NC(=O)c2cccc([N+](=O)[O-])c2)cc(C(C)C)c1O. The number of azo groups is 1. The van der Waals surface area contributed by atoms with Crippen LogP contribution in [0.15, 0.2) is 46.6 Å². The zero-order chi connectivity index (χ0) is 19.4. The maximum absolute atomic E-state index is 12.2. The number of phenols is 1. The fraction of sp³-hybridized carbons (Fsp3) is 0.316. The number of nitro groups is 1. The minimum atomic E-state index is -0.668. The molecule has 26 heavy (non-hydrogen) atoms. The minimum absolute atomic E-state index is 0.0788. The summed E-state index contributed by atoms with van der Waals surface area (Å²) in [6.45, 7) is 7.81. The van der Waals surface area contributed by atoms with Gasteiger partial charge in [0.1, 0.15) is 5.75 Å². The Morgan fingerprint density at radius 2 is 1.65 bits per heavy atom. The van der Waals surface area contributed by atoms with Crippen LogP contribution < -0.4 is 0 Å². The number of amides is 1. The predicted molar refractivity (Wildman–Crippen MR) is 98.2 cm³/mol. The molecule has 0 saturated carbocycles. The Balaban J connectivity index is 2.36. The number of hydrogen-bond donors (Lipinski definition) is 1. The molecule has 7 heteroatoms. The first kappa shape index (κ1) is 19.2. The molecule has 0 aliphatic rings. The number of phenolic OH excluding ortho intramolecular Hbond substituents is 1. The summed E-state index contributed by atoms with van der Waals surface area (Å²) in [5.41, 5.74) is 1.82. The maximum Gasteiger partial charge on any atom is 0.295 e. The molecule has 0 spiro atoms. The van der Waals surface area contributed by atoms with Crippen molar-refractivity contribution in [2.45, 2.75) is 39.5 Å². The molecule has 0 radical (unpaired) electrons. The Morgan fingerprint density at radius 1 is 1.08 bits per heavy atom. The topological polar surface area (TPSA) is 105 Å². The van der Waals surface area contributed by atoms with Gasteiger partial charge in [-0.2, -0.15) is 0 Å². The van der Waals surface area contributed by atoms with Crippen molar-refractivity contribution >= 4 is 17.3 Å². The van der Waals surface area contributed by atoms with E-state index in [0.717, 1.165) is 17.2 Å². The van der Waals surface area contributed by atoms with Crippen LogP contribution >= 0.6 is 0 Å². The quantitative estimate of drug-likeness (QED) is 0.436. The molecule has 0 aromatic heterocycles. The Kier molecular flexibility index (Phi) is 5.82. The first-order chi connectivity index (χ1) is 12.2. The summed E-state index contributed by atoms with van der Waals surface area (Å²) in [4.78, 5) is 22.4. The van der Waals surface area contributed by atoms with Gasteiger partial charge in [0, 0.05) is 12.1 Å². The van der Waals surface area contributed by atoms with Crippen molar-refractivity contribution < 1.29 is 14.8 Å². The number of non-ortho nitro benzene ring substituents is 1. The fourth-order valence-electron chi connectivity index (χ4n) is 2.52. The van der Waals surface area contributed by atoms with Crippen LogP contribution in [0.5, 0.6) is 5.75 Å². The largest absolute Gasteiger partial charge is 0.507 e. The Hall–Kier alpha value is -3.09. The minimum Gasteiger partial charge on any atom is -0.507 e. The number of nitrogens with zero attached hydrogens (tertiary/aromatic N) is 3. The molecule has 2 rings (SSSR count). The highest BCUT2D eigenvalue weighted by atomic mass is 16.6. The number of rotatable bonds is 5. The zero-order valence-corrected chi connectivity index (χ0v) is 15.1. The third-order valence-corrected chi connectivity index (χ3v) is 3.96. The highest BCUT2D eigenvalue weighted by Crippen LogP contribution is 2.37. The third-order valence-electron chi connectivity index (χ3n) is 3.96. The van der Waals surface area contributed by atoms with Crippen LogP contribution in [-0.4, -0.2) is 15.9 Å². The van der Waals surface area contributed by atoms with Crippen molar-refractivity contribution in [2.75, 3.05) is 0 Å². The van der Waals surface area contributed by atoms with Crippen LogP contribution in [0.4, 0.5) is 11.4 Å². The second-order valence-electron chi connectivity index (χ2n) is 6.59. The molecule has 7 nitrogen and oxygen atoms in total. The summed E-state index contributed by atoms with van der Waals surface area (Å²) in [6, 6.07) is 8.72. The molecule has 0 heterocycles. The molecule has 0 bridgehead atoms. The molecule has 0 unspecified atom stereocenters. The van der Waals surface area contributed by atoms with Gasteiger partial charge in [0.2, 0.25) is 0 Å². The van der Waals surface area contributed by atoms with E-state index < -0.39 is 10.8 Å². The summed E-state index contributed by atoms with van der Waals surface area (Å²) in [7, 11) is 0. The van der Waals surface area contributed by atoms with Gasteiger partial charge in [0.25, 0.3) is 11.6 Å². The van der Waals surface area contributed by atoms with Crippen molar-refractivity contribution in [3.05, 3.63) is 63.2 Å². The summed E-state index contributed by atoms with van der Waals surface area (Å²) >= 11 is 0. The molecule has 0 atom stereocenters. The van der Waals surface area contributed by atoms with E-state index in [2.05, 4.69) is 10.2 Å². The molecule has 0 saturated heterocycles. The van der Waals surface area contributed by atoms with Crippen LogP contribution in [0.2, 0.25) is 0 Å². The lowest BCUT2D eigenvalue weighted by Gasteiger charge is -2.15. The van der Waals surface area contributed by atoms with E-state index in [1.807, 2.05) is 27.7 Å². The average molecular weight is 355 g/mol. The first-order valence-electron chi connectivity index (χ1n) is 8.28. The van der Waals surface area contributed by atoms with Gasteiger partial charge in [-0.15, -0.1) is 10.2 Å². The second kappa shape index (κ2) is 7.86.